The number of hydrogen-bond acceptors (Lipinski definition) is 2. The Bertz CT molecular complexity index is 546. The zero-order valence-corrected chi connectivity index (χ0v) is 10.6. The van der Waals surface area contributed by atoms with Gasteiger partial charge in [0.15, 0.2) is 0 Å². The summed E-state index contributed by atoms with van der Waals surface area (Å²) in [5, 5.41) is 0. The maximum Gasteiger partial charge on any atom is 0.251 e. The highest BCUT2D eigenvalue weighted by atomic mass is 16.1. The van der Waals surface area contributed by atoms with E-state index in [-0.39, 0.29) is 5.56 Å². The molecule has 1 heterocycles. The first-order valence-electron chi connectivity index (χ1n) is 6.41. The molecule has 0 radical (unpaired) electrons. The third-order valence-electron chi connectivity index (χ3n) is 2.84. The fraction of sp³-hybridized carbons (Fsp3) is 0.333. The molecule has 3 heteroatoms. The Kier molecular flexibility index (Phi) is 4.29. The summed E-state index contributed by atoms with van der Waals surface area (Å²) in [7, 11) is 0. The van der Waals surface area contributed by atoms with E-state index in [1.54, 1.807) is 6.07 Å². The highest BCUT2D eigenvalue weighted by Crippen LogP contribution is 2.06. The summed E-state index contributed by atoms with van der Waals surface area (Å²) < 4.78 is 0. The fourth-order valence-corrected chi connectivity index (χ4v) is 1.92. The highest BCUT2D eigenvalue weighted by Gasteiger charge is 2.02. The summed E-state index contributed by atoms with van der Waals surface area (Å²) in [6.07, 6.45) is 3.71. The Balaban J connectivity index is 2.18. The van der Waals surface area contributed by atoms with Gasteiger partial charge in [-0.1, -0.05) is 43.7 Å². The van der Waals surface area contributed by atoms with Crippen LogP contribution in [0, 0.1) is 0 Å². The lowest BCUT2D eigenvalue weighted by molar-refractivity contribution is 0.740. The number of hydrogen-bond donors (Lipinski definition) is 1. The predicted molar refractivity (Wildman–Crippen MR) is 72.7 cm³/mol. The van der Waals surface area contributed by atoms with E-state index in [1.165, 1.54) is 5.56 Å². The summed E-state index contributed by atoms with van der Waals surface area (Å²) in [6.45, 7) is 2.13. The molecule has 0 aliphatic rings. The van der Waals surface area contributed by atoms with Crippen LogP contribution in [0.1, 0.15) is 36.8 Å². The first-order chi connectivity index (χ1) is 8.78. The lowest BCUT2D eigenvalue weighted by atomic mass is 10.1. The molecular weight excluding hydrogens is 224 g/mol. The summed E-state index contributed by atoms with van der Waals surface area (Å²) in [4.78, 5) is 18.9. The molecule has 1 aromatic heterocycles. The minimum atomic E-state index is -0.0537. The van der Waals surface area contributed by atoms with Gasteiger partial charge in [0.1, 0.15) is 5.82 Å². The molecule has 1 aromatic carbocycles. The Labute approximate surface area is 107 Å². The zero-order chi connectivity index (χ0) is 12.8. The van der Waals surface area contributed by atoms with Crippen molar-refractivity contribution in [3.63, 3.8) is 0 Å². The Morgan fingerprint density at radius 1 is 1.22 bits per heavy atom. The normalized spacial score (nSPS) is 10.5. The van der Waals surface area contributed by atoms with Crippen LogP contribution in [-0.2, 0) is 12.8 Å². The smallest absolute Gasteiger partial charge is 0.251 e. The van der Waals surface area contributed by atoms with E-state index >= 15 is 0 Å². The molecule has 94 valence electrons. The van der Waals surface area contributed by atoms with E-state index < -0.39 is 0 Å². The molecule has 1 N–H and O–H groups in total. The van der Waals surface area contributed by atoms with Gasteiger partial charge in [0, 0.05) is 18.9 Å². The quantitative estimate of drug-likeness (QED) is 0.876. The van der Waals surface area contributed by atoms with Gasteiger partial charge in [-0.2, -0.15) is 0 Å². The molecule has 0 bridgehead atoms. The third-order valence-corrected chi connectivity index (χ3v) is 2.84. The minimum absolute atomic E-state index is 0.0537. The largest absolute Gasteiger partial charge is 0.311 e. The van der Waals surface area contributed by atoms with E-state index in [2.05, 4.69) is 29.0 Å². The van der Waals surface area contributed by atoms with Crippen molar-refractivity contribution in [3.05, 3.63) is 63.8 Å². The SMILES string of the molecule is CCCCc1nc(Cc2ccccc2)cc(=O)[nH]1. The lowest BCUT2D eigenvalue weighted by Gasteiger charge is -2.04. The molecule has 0 aliphatic heterocycles. The van der Waals surface area contributed by atoms with E-state index in [1.807, 2.05) is 18.2 Å². The summed E-state index contributed by atoms with van der Waals surface area (Å²) >= 11 is 0. The van der Waals surface area contributed by atoms with Crippen LogP contribution in [0.2, 0.25) is 0 Å². The summed E-state index contributed by atoms with van der Waals surface area (Å²) in [6, 6.07) is 11.7. The third kappa shape index (κ3) is 3.55. The first kappa shape index (κ1) is 12.6. The van der Waals surface area contributed by atoms with Gasteiger partial charge in [-0.15, -0.1) is 0 Å². The van der Waals surface area contributed by atoms with Gasteiger partial charge < -0.3 is 4.98 Å². The monoisotopic (exact) mass is 242 g/mol. The van der Waals surface area contributed by atoms with Crippen LogP contribution in [0.5, 0.6) is 0 Å². The van der Waals surface area contributed by atoms with Crippen LogP contribution in [0.4, 0.5) is 0 Å². The molecular formula is C15H18N2O. The maximum atomic E-state index is 11.6. The lowest BCUT2D eigenvalue weighted by Crippen LogP contribution is -2.13. The maximum absolute atomic E-state index is 11.6. The molecule has 18 heavy (non-hydrogen) atoms. The van der Waals surface area contributed by atoms with E-state index in [4.69, 9.17) is 0 Å². The number of aromatic amines is 1. The minimum Gasteiger partial charge on any atom is -0.311 e. The van der Waals surface area contributed by atoms with Crippen molar-refractivity contribution in [2.24, 2.45) is 0 Å². The van der Waals surface area contributed by atoms with Crippen molar-refractivity contribution >= 4 is 0 Å². The Morgan fingerprint density at radius 3 is 2.72 bits per heavy atom. The Hall–Kier alpha value is -1.90. The van der Waals surface area contributed by atoms with Gasteiger partial charge in [-0.05, 0) is 12.0 Å². The first-order valence-corrected chi connectivity index (χ1v) is 6.41. The molecule has 2 aromatic rings. The van der Waals surface area contributed by atoms with Gasteiger partial charge in [0.05, 0.1) is 5.69 Å². The predicted octanol–water partition coefficient (Wildman–Crippen LogP) is 2.70. The van der Waals surface area contributed by atoms with Gasteiger partial charge in [-0.3, -0.25) is 4.79 Å². The zero-order valence-electron chi connectivity index (χ0n) is 10.6. The van der Waals surface area contributed by atoms with Crippen LogP contribution >= 0.6 is 0 Å². The topological polar surface area (TPSA) is 45.8 Å². The molecule has 0 spiro atoms. The van der Waals surface area contributed by atoms with E-state index in [0.717, 1.165) is 30.8 Å². The molecule has 2 rings (SSSR count). The van der Waals surface area contributed by atoms with Crippen molar-refractivity contribution in [2.75, 3.05) is 0 Å². The average Bonchev–Trinajstić information content (AvgIpc) is 2.37. The standard InChI is InChI=1S/C15H18N2O/c1-2-3-9-14-16-13(11-15(18)17-14)10-12-7-5-4-6-8-12/h4-8,11H,2-3,9-10H2,1H3,(H,16,17,18). The number of nitrogens with one attached hydrogen (secondary N) is 1. The van der Waals surface area contributed by atoms with Crippen molar-refractivity contribution in [3.8, 4) is 0 Å². The molecule has 0 unspecified atom stereocenters. The molecule has 0 fully saturated rings. The van der Waals surface area contributed by atoms with Gasteiger partial charge >= 0.3 is 0 Å². The number of aryl methyl sites for hydroxylation is 1. The van der Waals surface area contributed by atoms with Crippen LogP contribution in [0.3, 0.4) is 0 Å². The molecule has 0 saturated carbocycles. The van der Waals surface area contributed by atoms with Crippen molar-refractivity contribution < 1.29 is 0 Å². The molecule has 0 saturated heterocycles. The number of nitrogens with zero attached hydrogens (tertiary/aromatic N) is 1. The van der Waals surface area contributed by atoms with E-state index in [9.17, 15) is 4.79 Å². The van der Waals surface area contributed by atoms with Crippen molar-refractivity contribution in [1.29, 1.82) is 0 Å². The number of aromatic nitrogens is 2. The molecule has 3 nitrogen and oxygen atoms in total. The van der Waals surface area contributed by atoms with Crippen LogP contribution in [0.25, 0.3) is 0 Å². The molecule has 0 atom stereocenters. The van der Waals surface area contributed by atoms with Crippen molar-refractivity contribution in [2.45, 2.75) is 32.6 Å². The average molecular weight is 242 g/mol. The van der Waals surface area contributed by atoms with Crippen LogP contribution in [0.15, 0.2) is 41.2 Å². The number of rotatable bonds is 5. The second kappa shape index (κ2) is 6.15. The molecule has 0 amide bonds. The molecule has 0 aliphatic carbocycles. The summed E-state index contributed by atoms with van der Waals surface area (Å²) in [5.41, 5.74) is 1.97. The van der Waals surface area contributed by atoms with Gasteiger partial charge in [-0.25, -0.2) is 4.98 Å². The number of H-pyrrole nitrogens is 1. The highest BCUT2D eigenvalue weighted by molar-refractivity contribution is 5.21. The number of unbranched alkanes of at least 4 members (excludes halogenated alkanes) is 1. The van der Waals surface area contributed by atoms with Gasteiger partial charge in [0.2, 0.25) is 0 Å². The number of benzene rings is 1. The Morgan fingerprint density at radius 2 is 2.00 bits per heavy atom. The van der Waals surface area contributed by atoms with Crippen LogP contribution in [-0.4, -0.2) is 9.97 Å². The summed E-state index contributed by atoms with van der Waals surface area (Å²) in [5.74, 6) is 0.801. The second-order valence-corrected chi connectivity index (χ2v) is 4.45. The van der Waals surface area contributed by atoms with Crippen LogP contribution < -0.4 is 5.56 Å². The second-order valence-electron chi connectivity index (χ2n) is 4.45. The van der Waals surface area contributed by atoms with Gasteiger partial charge in [0.25, 0.3) is 5.56 Å². The fourth-order valence-electron chi connectivity index (χ4n) is 1.92. The van der Waals surface area contributed by atoms with Crippen molar-refractivity contribution in [1.82, 2.24) is 9.97 Å². The van der Waals surface area contributed by atoms with E-state index in [0.29, 0.717) is 6.42 Å².